The predicted octanol–water partition coefficient (Wildman–Crippen LogP) is 2.42. The van der Waals surface area contributed by atoms with Crippen LogP contribution in [0.3, 0.4) is 0 Å². The van der Waals surface area contributed by atoms with Crippen molar-refractivity contribution < 1.29 is 9.84 Å². The Kier molecular flexibility index (Phi) is 4.06. The van der Waals surface area contributed by atoms with E-state index in [0.717, 1.165) is 12.8 Å². The molecule has 1 aromatic carbocycles. The van der Waals surface area contributed by atoms with Crippen molar-refractivity contribution >= 4 is 0 Å². The van der Waals surface area contributed by atoms with Gasteiger partial charge in [-0.05, 0) is 18.6 Å². The first-order chi connectivity index (χ1) is 8.81. The van der Waals surface area contributed by atoms with E-state index in [-0.39, 0.29) is 5.75 Å². The van der Waals surface area contributed by atoms with E-state index >= 15 is 0 Å². The Morgan fingerprint density at radius 2 is 2.00 bits per heavy atom. The zero-order valence-electron chi connectivity index (χ0n) is 10.2. The summed E-state index contributed by atoms with van der Waals surface area (Å²) < 4.78 is 5.50. The van der Waals surface area contributed by atoms with Crippen molar-refractivity contribution in [3.63, 3.8) is 0 Å². The molecule has 5 heteroatoms. The van der Waals surface area contributed by atoms with Gasteiger partial charge in [0.1, 0.15) is 24.2 Å². The predicted molar refractivity (Wildman–Crippen MR) is 67.3 cm³/mol. The first-order valence-corrected chi connectivity index (χ1v) is 5.89. The molecule has 5 nitrogen and oxygen atoms in total. The number of aromatic nitrogens is 3. The zero-order chi connectivity index (χ0) is 12.8. The molecule has 0 saturated heterocycles. The van der Waals surface area contributed by atoms with Crippen molar-refractivity contribution in [1.82, 2.24) is 15.0 Å². The van der Waals surface area contributed by atoms with Gasteiger partial charge in [-0.25, -0.2) is 15.0 Å². The third-order valence-electron chi connectivity index (χ3n) is 2.47. The molecule has 18 heavy (non-hydrogen) atoms. The van der Waals surface area contributed by atoms with Gasteiger partial charge in [0, 0.05) is 6.07 Å². The van der Waals surface area contributed by atoms with Gasteiger partial charge in [-0.15, -0.1) is 0 Å². The van der Waals surface area contributed by atoms with Crippen molar-refractivity contribution in [2.75, 3.05) is 6.61 Å². The van der Waals surface area contributed by atoms with E-state index in [0.29, 0.717) is 23.7 Å². The lowest BCUT2D eigenvalue weighted by Crippen LogP contribution is -1.96. The normalized spacial score (nSPS) is 10.3. The summed E-state index contributed by atoms with van der Waals surface area (Å²) in [6.45, 7) is 2.76. The fraction of sp³-hybridized carbons (Fsp3) is 0.308. The van der Waals surface area contributed by atoms with E-state index in [1.165, 1.54) is 12.7 Å². The van der Waals surface area contributed by atoms with Crippen LogP contribution in [0.15, 0.2) is 30.9 Å². The molecule has 1 heterocycles. The second kappa shape index (κ2) is 5.95. The molecule has 0 fully saturated rings. The van der Waals surface area contributed by atoms with Gasteiger partial charge in [0.15, 0.2) is 5.82 Å². The quantitative estimate of drug-likeness (QED) is 0.819. The van der Waals surface area contributed by atoms with Crippen molar-refractivity contribution in [1.29, 1.82) is 0 Å². The summed E-state index contributed by atoms with van der Waals surface area (Å²) in [5.41, 5.74) is 0.570. The van der Waals surface area contributed by atoms with E-state index in [9.17, 15) is 5.11 Å². The van der Waals surface area contributed by atoms with Crippen LogP contribution >= 0.6 is 0 Å². The Morgan fingerprint density at radius 1 is 1.22 bits per heavy atom. The van der Waals surface area contributed by atoms with Gasteiger partial charge in [0.25, 0.3) is 0 Å². The molecular formula is C13H15N3O2. The molecule has 1 aromatic heterocycles. The monoisotopic (exact) mass is 245 g/mol. The van der Waals surface area contributed by atoms with Crippen molar-refractivity contribution in [2.45, 2.75) is 19.8 Å². The fourth-order valence-electron chi connectivity index (χ4n) is 1.50. The molecule has 0 atom stereocenters. The lowest BCUT2D eigenvalue weighted by Gasteiger charge is -2.07. The fourth-order valence-corrected chi connectivity index (χ4v) is 1.50. The Hall–Kier alpha value is -2.17. The number of phenolic OH excluding ortho intramolecular Hbond substituents is 1. The number of benzene rings is 1. The summed E-state index contributed by atoms with van der Waals surface area (Å²) in [5, 5.41) is 9.92. The SMILES string of the molecule is CCCCOc1ccc(-c2ncncn2)c(O)c1. The molecule has 2 rings (SSSR count). The number of rotatable bonds is 5. The summed E-state index contributed by atoms with van der Waals surface area (Å²) >= 11 is 0. The lowest BCUT2D eigenvalue weighted by molar-refractivity contribution is 0.307. The van der Waals surface area contributed by atoms with Gasteiger partial charge in [0.05, 0.1) is 12.2 Å². The van der Waals surface area contributed by atoms with E-state index < -0.39 is 0 Å². The molecule has 1 N–H and O–H groups in total. The van der Waals surface area contributed by atoms with Crippen molar-refractivity contribution in [3.8, 4) is 22.9 Å². The van der Waals surface area contributed by atoms with Crippen LogP contribution in [0.1, 0.15) is 19.8 Å². The first-order valence-electron chi connectivity index (χ1n) is 5.89. The number of unbranched alkanes of at least 4 members (excludes halogenated alkanes) is 1. The van der Waals surface area contributed by atoms with Gasteiger partial charge >= 0.3 is 0 Å². The summed E-state index contributed by atoms with van der Waals surface area (Å²) in [6, 6.07) is 5.12. The maximum Gasteiger partial charge on any atom is 0.166 e. The molecule has 0 unspecified atom stereocenters. The topological polar surface area (TPSA) is 68.1 Å². The highest BCUT2D eigenvalue weighted by Crippen LogP contribution is 2.29. The summed E-state index contributed by atoms with van der Waals surface area (Å²) in [6.07, 6.45) is 4.87. The summed E-state index contributed by atoms with van der Waals surface area (Å²) in [4.78, 5) is 11.7. The van der Waals surface area contributed by atoms with Crippen molar-refractivity contribution in [2.24, 2.45) is 0 Å². The Balaban J connectivity index is 2.15. The van der Waals surface area contributed by atoms with Crippen molar-refractivity contribution in [3.05, 3.63) is 30.9 Å². The molecule has 0 amide bonds. The summed E-state index contributed by atoms with van der Waals surface area (Å²) in [5.74, 6) is 1.21. The molecule has 0 aliphatic heterocycles. The van der Waals surface area contributed by atoms with Gasteiger partial charge in [-0.3, -0.25) is 0 Å². The molecule has 0 saturated carbocycles. The van der Waals surface area contributed by atoms with Crippen LogP contribution in [0, 0.1) is 0 Å². The number of hydrogen-bond acceptors (Lipinski definition) is 5. The van der Waals surface area contributed by atoms with E-state index in [2.05, 4.69) is 21.9 Å². The van der Waals surface area contributed by atoms with Crippen LogP contribution in [0.5, 0.6) is 11.5 Å². The molecule has 0 spiro atoms. The first kappa shape index (κ1) is 12.3. The van der Waals surface area contributed by atoms with E-state index in [4.69, 9.17) is 4.74 Å². The molecule has 0 radical (unpaired) electrons. The number of phenols is 1. The molecule has 0 bridgehead atoms. The van der Waals surface area contributed by atoms with Crippen LogP contribution in [0.4, 0.5) is 0 Å². The largest absolute Gasteiger partial charge is 0.507 e. The smallest absolute Gasteiger partial charge is 0.166 e. The average molecular weight is 245 g/mol. The van der Waals surface area contributed by atoms with E-state index in [1.807, 2.05) is 0 Å². The number of ether oxygens (including phenoxy) is 1. The number of hydrogen-bond donors (Lipinski definition) is 1. The van der Waals surface area contributed by atoms with Gasteiger partial charge < -0.3 is 9.84 Å². The molecule has 0 aliphatic carbocycles. The average Bonchev–Trinajstić information content (AvgIpc) is 2.40. The van der Waals surface area contributed by atoms with Crippen LogP contribution in [0.25, 0.3) is 11.4 Å². The van der Waals surface area contributed by atoms with Crippen LogP contribution < -0.4 is 4.74 Å². The van der Waals surface area contributed by atoms with Gasteiger partial charge in [0.2, 0.25) is 0 Å². The maximum absolute atomic E-state index is 9.92. The Labute approximate surface area is 106 Å². The lowest BCUT2D eigenvalue weighted by atomic mass is 10.2. The second-order valence-electron chi connectivity index (χ2n) is 3.84. The number of aromatic hydroxyl groups is 1. The van der Waals surface area contributed by atoms with Crippen LogP contribution in [-0.2, 0) is 0 Å². The van der Waals surface area contributed by atoms with Crippen LogP contribution in [0.2, 0.25) is 0 Å². The zero-order valence-corrected chi connectivity index (χ0v) is 10.2. The highest BCUT2D eigenvalue weighted by molar-refractivity contribution is 5.64. The minimum atomic E-state index is 0.107. The molecule has 0 aliphatic rings. The highest BCUT2D eigenvalue weighted by atomic mass is 16.5. The standard InChI is InChI=1S/C13H15N3O2/c1-2-3-6-18-10-4-5-11(12(17)7-10)13-15-8-14-9-16-13/h4-5,7-9,17H,2-3,6H2,1H3. The molecular weight excluding hydrogens is 230 g/mol. The molecule has 2 aromatic rings. The van der Waals surface area contributed by atoms with E-state index in [1.54, 1.807) is 18.2 Å². The minimum Gasteiger partial charge on any atom is -0.507 e. The minimum absolute atomic E-state index is 0.107. The third kappa shape index (κ3) is 2.94. The maximum atomic E-state index is 9.92. The van der Waals surface area contributed by atoms with Gasteiger partial charge in [-0.1, -0.05) is 13.3 Å². The Morgan fingerprint density at radius 3 is 2.67 bits per heavy atom. The highest BCUT2D eigenvalue weighted by Gasteiger charge is 2.08. The van der Waals surface area contributed by atoms with Crippen LogP contribution in [-0.4, -0.2) is 26.7 Å². The van der Waals surface area contributed by atoms with Gasteiger partial charge in [-0.2, -0.15) is 0 Å². The summed E-state index contributed by atoms with van der Waals surface area (Å²) in [7, 11) is 0. The second-order valence-corrected chi connectivity index (χ2v) is 3.84. The third-order valence-corrected chi connectivity index (χ3v) is 2.47. The number of nitrogens with zero attached hydrogens (tertiary/aromatic N) is 3. The molecule has 94 valence electrons. The Bertz CT molecular complexity index is 503.